The van der Waals surface area contributed by atoms with Gasteiger partial charge in [-0.3, -0.25) is 0 Å². The molecule has 15 heavy (non-hydrogen) atoms. The topological polar surface area (TPSA) is 71.8 Å². The van der Waals surface area contributed by atoms with E-state index < -0.39 is 0 Å². The molecule has 5 nitrogen and oxygen atoms in total. The summed E-state index contributed by atoms with van der Waals surface area (Å²) in [4.78, 5) is 0. The van der Waals surface area contributed by atoms with Crippen LogP contribution in [0, 0.1) is 13.8 Å². The third-order valence-corrected chi connectivity index (χ3v) is 1.90. The van der Waals surface area contributed by atoms with Gasteiger partial charge < -0.3 is 5.11 Å². The van der Waals surface area contributed by atoms with E-state index in [1.165, 1.54) is 0 Å². The van der Waals surface area contributed by atoms with Crippen LogP contribution in [0.15, 0.2) is 18.2 Å². The Morgan fingerprint density at radius 1 is 0.933 bits per heavy atom. The van der Waals surface area contributed by atoms with Gasteiger partial charge >= 0.3 is 0 Å². The van der Waals surface area contributed by atoms with Crippen LogP contribution >= 0.6 is 0 Å². The summed E-state index contributed by atoms with van der Waals surface area (Å²) in [5.74, 6) is 1.13. The molecule has 1 heterocycles. The molecule has 0 radical (unpaired) electrons. The third kappa shape index (κ3) is 2.07. The number of phenolic OH excluding ortho intramolecular Hbond substituents is 1. The molecule has 0 fully saturated rings. The van der Waals surface area contributed by atoms with Gasteiger partial charge in [-0.2, -0.15) is 0 Å². The Bertz CT molecular complexity index is 461. The van der Waals surface area contributed by atoms with E-state index in [0.717, 1.165) is 5.56 Å². The van der Waals surface area contributed by atoms with E-state index in [0.29, 0.717) is 17.2 Å². The van der Waals surface area contributed by atoms with E-state index in [9.17, 15) is 5.11 Å². The Morgan fingerprint density at radius 3 is 2.20 bits per heavy atom. The summed E-state index contributed by atoms with van der Waals surface area (Å²) in [5, 5.41) is 24.8. The van der Waals surface area contributed by atoms with Crippen molar-refractivity contribution in [3.8, 4) is 17.1 Å². The standard InChI is InChI=1S/C10H10N4O/c1-6-3-8(5-9(15)4-6)10-13-11-7(2)12-14-10/h3-5,15H,1-2H3. The average molecular weight is 202 g/mol. The highest BCUT2D eigenvalue weighted by molar-refractivity contribution is 5.57. The lowest BCUT2D eigenvalue weighted by molar-refractivity contribution is 0.475. The number of phenols is 1. The van der Waals surface area contributed by atoms with Crippen LogP contribution < -0.4 is 0 Å². The summed E-state index contributed by atoms with van der Waals surface area (Å²) in [7, 11) is 0. The summed E-state index contributed by atoms with van der Waals surface area (Å²) in [5.41, 5.74) is 1.65. The molecule has 2 aromatic rings. The first-order valence-corrected chi connectivity index (χ1v) is 4.50. The summed E-state index contributed by atoms with van der Waals surface area (Å²) in [6, 6.07) is 5.12. The van der Waals surface area contributed by atoms with E-state index in [1.807, 2.05) is 13.0 Å². The number of aromatic nitrogens is 4. The van der Waals surface area contributed by atoms with E-state index in [4.69, 9.17) is 0 Å². The van der Waals surface area contributed by atoms with Crippen LogP contribution in [-0.4, -0.2) is 25.5 Å². The molecule has 0 saturated heterocycles. The summed E-state index contributed by atoms with van der Waals surface area (Å²) < 4.78 is 0. The molecule has 0 aliphatic heterocycles. The van der Waals surface area contributed by atoms with Crippen LogP contribution in [-0.2, 0) is 0 Å². The van der Waals surface area contributed by atoms with E-state index >= 15 is 0 Å². The monoisotopic (exact) mass is 202 g/mol. The van der Waals surface area contributed by atoms with Crippen LogP contribution in [0.2, 0.25) is 0 Å². The number of hydrogen-bond acceptors (Lipinski definition) is 5. The molecule has 0 aliphatic rings. The van der Waals surface area contributed by atoms with Gasteiger partial charge in [0.15, 0.2) is 5.82 Å². The molecule has 0 unspecified atom stereocenters. The van der Waals surface area contributed by atoms with Crippen LogP contribution in [0.25, 0.3) is 11.4 Å². The van der Waals surface area contributed by atoms with E-state index in [1.54, 1.807) is 19.1 Å². The fourth-order valence-corrected chi connectivity index (χ4v) is 1.29. The molecule has 0 spiro atoms. The Hall–Kier alpha value is -2.04. The summed E-state index contributed by atoms with van der Waals surface area (Å²) in [6.07, 6.45) is 0. The van der Waals surface area contributed by atoms with Gasteiger partial charge in [-0.05, 0) is 37.6 Å². The van der Waals surface area contributed by atoms with Gasteiger partial charge in [0.2, 0.25) is 5.82 Å². The van der Waals surface area contributed by atoms with Gasteiger partial charge in [0.25, 0.3) is 0 Å². The second-order valence-electron chi connectivity index (χ2n) is 3.33. The minimum atomic E-state index is 0.189. The van der Waals surface area contributed by atoms with Gasteiger partial charge in [-0.25, -0.2) is 0 Å². The largest absolute Gasteiger partial charge is 0.508 e. The van der Waals surface area contributed by atoms with Crippen LogP contribution in [0.5, 0.6) is 5.75 Å². The van der Waals surface area contributed by atoms with E-state index in [2.05, 4.69) is 20.4 Å². The SMILES string of the molecule is Cc1cc(O)cc(-c2nnc(C)nn2)c1. The maximum absolute atomic E-state index is 9.41. The molecule has 0 saturated carbocycles. The highest BCUT2D eigenvalue weighted by atomic mass is 16.3. The molecule has 1 N–H and O–H groups in total. The van der Waals surface area contributed by atoms with Crippen molar-refractivity contribution in [1.29, 1.82) is 0 Å². The number of rotatable bonds is 1. The molecule has 1 aromatic heterocycles. The molecule has 1 aromatic carbocycles. The minimum absolute atomic E-state index is 0.189. The normalized spacial score (nSPS) is 10.3. The predicted molar refractivity (Wildman–Crippen MR) is 54.2 cm³/mol. The van der Waals surface area contributed by atoms with Crippen LogP contribution in [0.1, 0.15) is 11.4 Å². The van der Waals surface area contributed by atoms with Gasteiger partial charge in [-0.1, -0.05) is 0 Å². The fraction of sp³-hybridized carbons (Fsp3) is 0.200. The fourth-order valence-electron chi connectivity index (χ4n) is 1.29. The van der Waals surface area contributed by atoms with Gasteiger partial charge in [0.1, 0.15) is 5.75 Å². The number of aryl methyl sites for hydroxylation is 2. The van der Waals surface area contributed by atoms with Crippen molar-refractivity contribution in [3.63, 3.8) is 0 Å². The number of hydrogen-bond donors (Lipinski definition) is 1. The zero-order valence-corrected chi connectivity index (χ0v) is 8.47. The van der Waals surface area contributed by atoms with Gasteiger partial charge in [-0.15, -0.1) is 20.4 Å². The smallest absolute Gasteiger partial charge is 0.203 e. The van der Waals surface area contributed by atoms with Gasteiger partial charge in [0.05, 0.1) is 0 Å². The first kappa shape index (κ1) is 9.51. The Kier molecular flexibility index (Phi) is 2.29. The van der Waals surface area contributed by atoms with Crippen molar-refractivity contribution in [2.45, 2.75) is 13.8 Å². The molecule has 0 amide bonds. The molecule has 2 rings (SSSR count). The first-order chi connectivity index (χ1) is 7.15. The van der Waals surface area contributed by atoms with Crippen molar-refractivity contribution < 1.29 is 5.11 Å². The molecule has 0 aliphatic carbocycles. The molecular weight excluding hydrogens is 192 g/mol. The average Bonchev–Trinajstić information content (AvgIpc) is 2.17. The maximum atomic E-state index is 9.41. The van der Waals surface area contributed by atoms with Crippen LogP contribution in [0.3, 0.4) is 0 Å². The zero-order valence-electron chi connectivity index (χ0n) is 8.47. The minimum Gasteiger partial charge on any atom is -0.508 e. The van der Waals surface area contributed by atoms with Gasteiger partial charge in [0, 0.05) is 5.56 Å². The molecule has 0 atom stereocenters. The van der Waals surface area contributed by atoms with Crippen molar-refractivity contribution in [2.75, 3.05) is 0 Å². The highest BCUT2D eigenvalue weighted by Gasteiger charge is 2.04. The van der Waals surface area contributed by atoms with Crippen molar-refractivity contribution >= 4 is 0 Å². The van der Waals surface area contributed by atoms with Crippen molar-refractivity contribution in [2.24, 2.45) is 0 Å². The number of benzene rings is 1. The van der Waals surface area contributed by atoms with Crippen LogP contribution in [0.4, 0.5) is 0 Å². The number of nitrogens with zero attached hydrogens (tertiary/aromatic N) is 4. The molecule has 5 heteroatoms. The lowest BCUT2D eigenvalue weighted by Gasteiger charge is -2.01. The van der Waals surface area contributed by atoms with Crippen molar-refractivity contribution in [3.05, 3.63) is 29.6 Å². The Morgan fingerprint density at radius 2 is 1.60 bits per heavy atom. The zero-order chi connectivity index (χ0) is 10.8. The molecule has 0 bridgehead atoms. The predicted octanol–water partition coefficient (Wildman–Crippen LogP) is 1.26. The quantitative estimate of drug-likeness (QED) is 0.753. The lowest BCUT2D eigenvalue weighted by Crippen LogP contribution is -1.98. The second kappa shape index (κ2) is 3.61. The number of aromatic hydroxyl groups is 1. The first-order valence-electron chi connectivity index (χ1n) is 4.50. The molecule has 76 valence electrons. The third-order valence-electron chi connectivity index (χ3n) is 1.90. The Labute approximate surface area is 86.8 Å². The maximum Gasteiger partial charge on any atom is 0.203 e. The molecular formula is C10H10N4O. The summed E-state index contributed by atoms with van der Waals surface area (Å²) >= 11 is 0. The highest BCUT2D eigenvalue weighted by Crippen LogP contribution is 2.21. The van der Waals surface area contributed by atoms with E-state index in [-0.39, 0.29) is 5.75 Å². The van der Waals surface area contributed by atoms with Crippen molar-refractivity contribution in [1.82, 2.24) is 20.4 Å². The second-order valence-corrected chi connectivity index (χ2v) is 3.33. The Balaban J connectivity index is 2.49. The lowest BCUT2D eigenvalue weighted by atomic mass is 10.1. The summed E-state index contributed by atoms with van der Waals surface area (Å²) in [6.45, 7) is 3.61.